The maximum Gasteiger partial charge on any atom is 0.338 e. The van der Waals surface area contributed by atoms with Crippen LogP contribution in [0.15, 0.2) is 81.6 Å². The van der Waals surface area contributed by atoms with E-state index in [4.69, 9.17) is 13.6 Å². The lowest BCUT2D eigenvalue weighted by atomic mass is 10.0. The van der Waals surface area contributed by atoms with Crippen molar-refractivity contribution in [2.24, 2.45) is 11.8 Å². The highest BCUT2D eigenvalue weighted by atomic mass is 16.5. The van der Waals surface area contributed by atoms with Crippen molar-refractivity contribution in [1.29, 1.82) is 0 Å². The number of furan rings is 2. The zero-order chi connectivity index (χ0) is 48.4. The second-order valence-corrected chi connectivity index (χ2v) is 14.7. The summed E-state index contributed by atoms with van der Waals surface area (Å²) >= 11 is 0. The van der Waals surface area contributed by atoms with Crippen molar-refractivity contribution in [3.63, 3.8) is 0 Å². The molecular formula is C46H58N6O14. The molecule has 0 spiro atoms. The predicted molar refractivity (Wildman–Crippen MR) is 236 cm³/mol. The molecule has 0 bridgehead atoms. The molecule has 2 aromatic heterocycles. The number of rotatable bonds is 26. The molecule has 6 N–H and O–H groups in total. The van der Waals surface area contributed by atoms with Gasteiger partial charge in [0, 0.05) is 11.1 Å². The van der Waals surface area contributed by atoms with Crippen LogP contribution in [-0.4, -0.2) is 110 Å². The van der Waals surface area contributed by atoms with Crippen LogP contribution in [0.4, 0.5) is 0 Å². The summed E-state index contributed by atoms with van der Waals surface area (Å²) in [5, 5.41) is 30.0. The average Bonchev–Trinajstić information content (AvgIpc) is 4.05. The third-order valence-electron chi connectivity index (χ3n) is 9.98. The molecule has 0 unspecified atom stereocenters. The van der Waals surface area contributed by atoms with Gasteiger partial charge in [-0.15, -0.1) is 0 Å². The zero-order valence-electron chi connectivity index (χ0n) is 37.4. The number of benzene rings is 2. The van der Waals surface area contributed by atoms with Crippen molar-refractivity contribution in [2.75, 3.05) is 40.6 Å². The molecule has 356 valence electrons. The fourth-order valence-corrected chi connectivity index (χ4v) is 6.41. The Kier molecular flexibility index (Phi) is 22.9. The first-order chi connectivity index (χ1) is 31.8. The van der Waals surface area contributed by atoms with Crippen LogP contribution in [0.5, 0.6) is 0 Å². The maximum atomic E-state index is 12.4. The summed E-state index contributed by atoms with van der Waals surface area (Å²) in [6, 6.07) is 19.4. The summed E-state index contributed by atoms with van der Waals surface area (Å²) < 4.78 is 20.6. The molecule has 66 heavy (non-hydrogen) atoms. The summed E-state index contributed by atoms with van der Waals surface area (Å²) in [5.41, 5.74) is 1.85. The molecule has 20 nitrogen and oxygen atoms in total. The molecule has 0 aliphatic carbocycles. The number of methoxy groups -OCH3 is 2. The molecule has 0 saturated carbocycles. The van der Waals surface area contributed by atoms with Gasteiger partial charge in [-0.05, 0) is 55.3 Å². The summed E-state index contributed by atoms with van der Waals surface area (Å²) in [4.78, 5) is 94.5. The van der Waals surface area contributed by atoms with E-state index in [0.29, 0.717) is 56.7 Å². The smallest absolute Gasteiger partial charge is 0.338 e. The molecule has 6 amide bonds. The van der Waals surface area contributed by atoms with Crippen LogP contribution in [0, 0.1) is 11.8 Å². The summed E-state index contributed by atoms with van der Waals surface area (Å²) in [6.45, 7) is 3.51. The van der Waals surface area contributed by atoms with Crippen molar-refractivity contribution in [2.45, 2.75) is 65.2 Å². The summed E-state index contributed by atoms with van der Waals surface area (Å²) in [6.07, 6.45) is 6.85. The third-order valence-corrected chi connectivity index (χ3v) is 9.98. The van der Waals surface area contributed by atoms with Crippen molar-refractivity contribution >= 4 is 48.4 Å². The van der Waals surface area contributed by atoms with E-state index >= 15 is 0 Å². The lowest BCUT2D eigenvalue weighted by Gasteiger charge is -2.19. The number of unbranched alkanes of at least 4 members (excludes halogenated alkanes) is 4. The molecule has 0 saturated heterocycles. The quantitative estimate of drug-likeness (QED) is 0.0119. The van der Waals surface area contributed by atoms with E-state index in [2.05, 4.69) is 26.0 Å². The number of nitrogens with zero attached hydrogens (tertiary/aromatic N) is 2. The van der Waals surface area contributed by atoms with Crippen molar-refractivity contribution < 1.29 is 67.1 Å². The van der Waals surface area contributed by atoms with Gasteiger partial charge in [0.2, 0.25) is 24.6 Å². The van der Waals surface area contributed by atoms with Gasteiger partial charge in [0.25, 0.3) is 11.8 Å². The van der Waals surface area contributed by atoms with Crippen molar-refractivity contribution in [3.05, 3.63) is 95.4 Å². The molecule has 2 aromatic carbocycles. The minimum atomic E-state index is -0.603. The third kappa shape index (κ3) is 17.0. The minimum Gasteiger partial charge on any atom is -0.465 e. The Morgan fingerprint density at radius 2 is 1.08 bits per heavy atom. The number of hydroxylamine groups is 4. The second-order valence-electron chi connectivity index (χ2n) is 14.7. The van der Waals surface area contributed by atoms with E-state index in [1.807, 2.05) is 13.8 Å². The Labute approximate surface area is 381 Å². The molecule has 0 radical (unpaired) electrons. The molecule has 2 atom stereocenters. The van der Waals surface area contributed by atoms with Crippen LogP contribution in [0.1, 0.15) is 107 Å². The number of esters is 2. The fourth-order valence-electron chi connectivity index (χ4n) is 6.41. The minimum absolute atomic E-state index is 0.000835. The highest BCUT2D eigenvalue weighted by Gasteiger charge is 2.23. The van der Waals surface area contributed by atoms with E-state index in [-0.39, 0.29) is 62.6 Å². The lowest BCUT2D eigenvalue weighted by molar-refractivity contribution is -0.155. The molecule has 0 aliphatic heterocycles. The van der Waals surface area contributed by atoms with E-state index in [1.165, 1.54) is 26.4 Å². The Morgan fingerprint density at radius 3 is 1.55 bits per heavy atom. The standard InChI is InChI=1S/2C23H29N3O7/c1-3-4-5-8-16(13-26(31)15-27)21(28)24-14-25-22(29)20-12-11-19(33-20)17-9-6-7-10-18(17)23(30)32-2;1-3-4-5-6-18(13-26(31)15-27)21(28)24-14-25-22(29)20-12-11-19(33-20)16-7-9-17(10-8-16)23(30)32-2/h6-7,9-12,15-16,31H,3-5,8,13-14H2,1-2H3,(H,24,28)(H,25,29);7-12,15,18,31H,3-6,13-14H2,1-2H3,(H,24,28)(H,25,29)/t16-;18-/m11/s1. The van der Waals surface area contributed by atoms with Gasteiger partial charge < -0.3 is 39.6 Å². The number of hydrogen-bond acceptors (Lipinski definition) is 14. The second kappa shape index (κ2) is 28.5. The van der Waals surface area contributed by atoms with Crippen LogP contribution >= 0.6 is 0 Å². The van der Waals surface area contributed by atoms with Gasteiger partial charge in [0.15, 0.2) is 11.5 Å². The first-order valence-electron chi connectivity index (χ1n) is 21.3. The van der Waals surface area contributed by atoms with Gasteiger partial charge in [-0.3, -0.25) is 39.2 Å². The van der Waals surface area contributed by atoms with Gasteiger partial charge in [-0.1, -0.05) is 82.7 Å². The van der Waals surface area contributed by atoms with Gasteiger partial charge in [0.1, 0.15) is 11.5 Å². The highest BCUT2D eigenvalue weighted by molar-refractivity contribution is 5.97. The number of amides is 6. The Hall–Kier alpha value is -7.32. The van der Waals surface area contributed by atoms with Gasteiger partial charge in [-0.25, -0.2) is 19.7 Å². The largest absolute Gasteiger partial charge is 0.465 e. The number of hydrogen-bond donors (Lipinski definition) is 6. The molecular weight excluding hydrogens is 861 g/mol. The van der Waals surface area contributed by atoms with E-state index in [0.717, 1.165) is 38.5 Å². The van der Waals surface area contributed by atoms with Crippen molar-refractivity contribution in [1.82, 2.24) is 31.4 Å². The van der Waals surface area contributed by atoms with Gasteiger partial charge >= 0.3 is 11.9 Å². The molecule has 0 fully saturated rings. The highest BCUT2D eigenvalue weighted by Crippen LogP contribution is 2.27. The number of nitrogens with one attached hydrogen (secondary N) is 4. The average molecular weight is 919 g/mol. The van der Waals surface area contributed by atoms with Crippen LogP contribution in [0.25, 0.3) is 22.6 Å². The molecule has 20 heteroatoms. The number of ether oxygens (including phenoxy) is 2. The topological polar surface area (TPSA) is 276 Å². The van der Waals surface area contributed by atoms with Crippen LogP contribution in [-0.2, 0) is 28.7 Å². The molecule has 4 aromatic rings. The number of carbonyl (C=O) groups is 8. The SMILES string of the molecule is CCCCC[C@H](CN(O)C=O)C(=O)NCNC(=O)c1ccc(-c2ccc(C(=O)OC)cc2)o1.CCCCC[C@H](CN(O)C=O)C(=O)NCNC(=O)c1ccc(-c2ccccc2C(=O)OC)o1. The van der Waals surface area contributed by atoms with E-state index < -0.39 is 35.6 Å². The van der Waals surface area contributed by atoms with E-state index in [1.54, 1.807) is 60.7 Å². The zero-order valence-corrected chi connectivity index (χ0v) is 37.4. The summed E-state index contributed by atoms with van der Waals surface area (Å²) in [7, 11) is 2.58. The predicted octanol–water partition coefficient (Wildman–Crippen LogP) is 5.16. The molecule has 0 aliphatic rings. The van der Waals surface area contributed by atoms with Crippen LogP contribution < -0.4 is 21.3 Å². The van der Waals surface area contributed by atoms with Crippen LogP contribution in [0.3, 0.4) is 0 Å². The van der Waals surface area contributed by atoms with Gasteiger partial charge in [-0.2, -0.15) is 0 Å². The first-order valence-corrected chi connectivity index (χ1v) is 21.3. The monoisotopic (exact) mass is 918 g/mol. The molecule has 4 rings (SSSR count). The first kappa shape index (κ1) is 53.0. The Bertz CT molecular complexity index is 2200. The maximum absolute atomic E-state index is 12.4. The molecule has 2 heterocycles. The normalized spacial score (nSPS) is 11.4. The lowest BCUT2D eigenvalue weighted by Crippen LogP contribution is -2.42. The van der Waals surface area contributed by atoms with Crippen molar-refractivity contribution in [3.8, 4) is 22.6 Å². The van der Waals surface area contributed by atoms with E-state index in [9.17, 15) is 48.8 Å². The Morgan fingerprint density at radius 1 is 0.606 bits per heavy atom. The summed E-state index contributed by atoms with van der Waals surface area (Å²) in [5.74, 6) is -3.21. The Balaban J connectivity index is 0.000000350. The van der Waals surface area contributed by atoms with Crippen LogP contribution in [0.2, 0.25) is 0 Å². The fraction of sp³-hybridized carbons (Fsp3) is 0.391. The number of carbonyl (C=O) groups excluding carboxylic acids is 8. The van der Waals surface area contributed by atoms with Gasteiger partial charge in [0.05, 0.1) is 63.6 Å².